The van der Waals surface area contributed by atoms with Crippen molar-refractivity contribution in [1.29, 1.82) is 0 Å². The maximum atomic E-state index is 4.60. The first-order chi connectivity index (χ1) is 22.2. The first-order valence-corrected chi connectivity index (χ1v) is 16.5. The minimum atomic E-state index is 0.866. The largest absolute Gasteiger partial charge is 0.287 e. The molecule has 0 spiro atoms. The van der Waals surface area contributed by atoms with Gasteiger partial charge in [0.05, 0.1) is 16.3 Å². The van der Waals surface area contributed by atoms with Gasteiger partial charge in [0.25, 0.3) is 0 Å². The van der Waals surface area contributed by atoms with Crippen LogP contribution in [0.3, 0.4) is 0 Å². The van der Waals surface area contributed by atoms with Crippen LogP contribution in [0.4, 0.5) is 0 Å². The smallest absolute Gasteiger partial charge is 0.0856 e. The molecule has 0 amide bonds. The molecule has 1 aromatic heterocycles. The second-order valence-electron chi connectivity index (χ2n) is 11.0. The zero-order valence-electron chi connectivity index (χ0n) is 24.7. The summed E-state index contributed by atoms with van der Waals surface area (Å²) in [5.74, 6) is 0. The molecule has 0 aliphatic carbocycles. The van der Waals surface area contributed by atoms with Crippen LogP contribution in [0, 0.1) is 0 Å². The topological polar surface area (TPSA) is 24.7 Å². The van der Waals surface area contributed by atoms with Crippen molar-refractivity contribution in [2.75, 3.05) is 7.05 Å². The number of aliphatic imine (C=N–C) groups is 2. The van der Waals surface area contributed by atoms with E-state index < -0.39 is 0 Å². The Morgan fingerprint density at radius 2 is 1.07 bits per heavy atom. The molecule has 2 nitrogen and oxygen atoms in total. The third-order valence-corrected chi connectivity index (χ3v) is 10.9. The fraction of sp³-hybridized carbons (Fsp3) is 0.0244. The summed E-state index contributed by atoms with van der Waals surface area (Å²) in [6.07, 6.45) is 0. The van der Waals surface area contributed by atoms with Crippen LogP contribution in [-0.2, 0) is 0 Å². The maximum Gasteiger partial charge on any atom is 0.0856 e. The van der Waals surface area contributed by atoms with Crippen LogP contribution in [0.25, 0.3) is 59.3 Å². The SMILES string of the molecule is C=N/C(=C1/Sc2ccccc2/C1=N/C)c1ccc(-c2ccc(-c3cccc4c3sc3c(-c5ccccc5)cccc34)cc2)cc1. The Balaban J connectivity index is 1.12. The summed E-state index contributed by atoms with van der Waals surface area (Å²) < 4.78 is 2.66. The number of fused-ring (bicyclic) bond motifs is 4. The Kier molecular flexibility index (Phi) is 7.02. The van der Waals surface area contributed by atoms with Crippen molar-refractivity contribution in [2.24, 2.45) is 9.98 Å². The van der Waals surface area contributed by atoms with Gasteiger partial charge in [-0.3, -0.25) is 9.98 Å². The van der Waals surface area contributed by atoms with Gasteiger partial charge in [-0.25, -0.2) is 0 Å². The fourth-order valence-electron chi connectivity index (χ4n) is 6.26. The highest BCUT2D eigenvalue weighted by molar-refractivity contribution is 8.05. The van der Waals surface area contributed by atoms with Crippen molar-refractivity contribution in [3.8, 4) is 33.4 Å². The van der Waals surface area contributed by atoms with Crippen molar-refractivity contribution in [3.05, 3.63) is 156 Å². The normalized spacial score (nSPS) is 14.6. The molecule has 1 aliphatic rings. The molecular formula is C41H28N2S2. The predicted octanol–water partition coefficient (Wildman–Crippen LogP) is 11.6. The van der Waals surface area contributed by atoms with E-state index in [-0.39, 0.29) is 0 Å². The van der Waals surface area contributed by atoms with Gasteiger partial charge in [-0.2, -0.15) is 0 Å². The molecule has 0 atom stereocenters. The number of benzene rings is 6. The highest BCUT2D eigenvalue weighted by Crippen LogP contribution is 2.45. The Hall–Kier alpha value is -5.03. The lowest BCUT2D eigenvalue weighted by Gasteiger charge is -2.09. The fourth-order valence-corrected chi connectivity index (χ4v) is 8.85. The number of thiophene rings is 1. The molecule has 0 radical (unpaired) electrons. The Morgan fingerprint density at radius 1 is 0.533 bits per heavy atom. The number of rotatable bonds is 5. The summed E-state index contributed by atoms with van der Waals surface area (Å²) in [4.78, 5) is 11.3. The minimum absolute atomic E-state index is 0.866. The second kappa shape index (κ2) is 11.5. The molecule has 214 valence electrons. The zero-order valence-corrected chi connectivity index (χ0v) is 26.3. The number of hydrogen-bond donors (Lipinski definition) is 0. The highest BCUT2D eigenvalue weighted by atomic mass is 32.2. The van der Waals surface area contributed by atoms with Crippen molar-refractivity contribution in [1.82, 2.24) is 0 Å². The zero-order chi connectivity index (χ0) is 30.3. The van der Waals surface area contributed by atoms with E-state index in [0.717, 1.165) is 33.0 Å². The molecule has 8 rings (SSSR count). The van der Waals surface area contributed by atoms with Crippen LogP contribution in [0.15, 0.2) is 159 Å². The van der Waals surface area contributed by atoms with E-state index >= 15 is 0 Å². The molecule has 2 heterocycles. The number of thioether (sulfide) groups is 1. The molecule has 0 unspecified atom stereocenters. The lowest BCUT2D eigenvalue weighted by molar-refractivity contribution is 1.39. The van der Waals surface area contributed by atoms with Gasteiger partial charge in [0.2, 0.25) is 0 Å². The van der Waals surface area contributed by atoms with E-state index in [1.165, 1.54) is 52.9 Å². The summed E-state index contributed by atoms with van der Waals surface area (Å²) in [6, 6.07) is 50.0. The minimum Gasteiger partial charge on any atom is -0.287 e. The molecule has 1 aliphatic heterocycles. The van der Waals surface area contributed by atoms with Crippen molar-refractivity contribution in [2.45, 2.75) is 4.90 Å². The molecule has 45 heavy (non-hydrogen) atoms. The summed E-state index contributed by atoms with van der Waals surface area (Å²) >= 11 is 3.60. The van der Waals surface area contributed by atoms with Gasteiger partial charge in [-0.05, 0) is 46.2 Å². The lowest BCUT2D eigenvalue weighted by atomic mass is 9.97. The van der Waals surface area contributed by atoms with E-state index in [4.69, 9.17) is 0 Å². The van der Waals surface area contributed by atoms with E-state index in [0.29, 0.717) is 0 Å². The number of allylic oxidation sites excluding steroid dienone is 1. The Morgan fingerprint density at radius 3 is 1.69 bits per heavy atom. The summed E-state index contributed by atoms with van der Waals surface area (Å²) in [7, 11) is 1.84. The number of hydrogen-bond acceptors (Lipinski definition) is 4. The number of nitrogens with zero attached hydrogens (tertiary/aromatic N) is 2. The lowest BCUT2D eigenvalue weighted by Crippen LogP contribution is -1.99. The van der Waals surface area contributed by atoms with Crippen LogP contribution in [-0.4, -0.2) is 19.5 Å². The first-order valence-electron chi connectivity index (χ1n) is 14.9. The van der Waals surface area contributed by atoms with Gasteiger partial charge in [0.15, 0.2) is 0 Å². The molecule has 0 fully saturated rings. The van der Waals surface area contributed by atoms with Crippen molar-refractivity contribution < 1.29 is 0 Å². The van der Waals surface area contributed by atoms with Crippen LogP contribution in [0.1, 0.15) is 11.1 Å². The molecule has 6 aromatic carbocycles. The van der Waals surface area contributed by atoms with Gasteiger partial charge in [0, 0.05) is 43.2 Å². The van der Waals surface area contributed by atoms with Crippen molar-refractivity contribution in [3.63, 3.8) is 0 Å². The molecule has 0 N–H and O–H groups in total. The van der Waals surface area contributed by atoms with Crippen LogP contribution in [0.2, 0.25) is 0 Å². The monoisotopic (exact) mass is 612 g/mol. The third-order valence-electron chi connectivity index (χ3n) is 8.46. The Labute approximate surface area is 271 Å². The standard InChI is InChI=1S/C41H28N2S2/c1-42-37(41-38(43-2)35-12-6-7-17-36(35)44-41)30-24-20-27(21-25-30)26-18-22-29(23-19-26)32-14-9-16-34-33-15-8-13-31(39(33)45-40(32)34)28-10-4-3-5-11-28/h3-25H,1H2,2H3/b41-37+,43-38-. The average Bonchev–Trinajstić information content (AvgIpc) is 3.68. The molecular weight excluding hydrogens is 585 g/mol. The Bertz CT molecular complexity index is 2290. The highest BCUT2D eigenvalue weighted by Gasteiger charge is 2.26. The molecule has 0 bridgehead atoms. The van der Waals surface area contributed by atoms with Crippen LogP contribution < -0.4 is 0 Å². The summed E-state index contributed by atoms with van der Waals surface area (Å²) in [5, 5.41) is 2.63. The van der Waals surface area contributed by atoms with E-state index in [1.807, 2.05) is 18.4 Å². The van der Waals surface area contributed by atoms with Crippen LogP contribution >= 0.6 is 23.1 Å². The maximum absolute atomic E-state index is 4.60. The predicted molar refractivity (Wildman–Crippen MR) is 197 cm³/mol. The van der Waals surface area contributed by atoms with Gasteiger partial charge in [-0.1, -0.05) is 145 Å². The second-order valence-corrected chi connectivity index (χ2v) is 13.1. The third kappa shape index (κ3) is 4.74. The molecule has 7 aromatic rings. The van der Waals surface area contributed by atoms with Crippen molar-refractivity contribution >= 4 is 61.4 Å². The van der Waals surface area contributed by atoms with Gasteiger partial charge < -0.3 is 0 Å². The summed E-state index contributed by atoms with van der Waals surface area (Å²) in [5.41, 5.74) is 11.4. The molecule has 0 saturated heterocycles. The average molecular weight is 613 g/mol. The van der Waals surface area contributed by atoms with Crippen LogP contribution in [0.5, 0.6) is 0 Å². The van der Waals surface area contributed by atoms with E-state index in [9.17, 15) is 0 Å². The molecule has 4 heteroatoms. The van der Waals surface area contributed by atoms with Gasteiger partial charge in [-0.15, -0.1) is 11.3 Å². The summed E-state index contributed by atoms with van der Waals surface area (Å²) in [6.45, 7) is 3.91. The first kappa shape index (κ1) is 27.5. The van der Waals surface area contributed by atoms with Gasteiger partial charge in [0.1, 0.15) is 0 Å². The van der Waals surface area contributed by atoms with E-state index in [2.05, 4.69) is 156 Å². The van der Waals surface area contributed by atoms with E-state index in [1.54, 1.807) is 11.8 Å². The quantitative estimate of drug-likeness (QED) is 0.178. The van der Waals surface area contributed by atoms with Gasteiger partial charge >= 0.3 is 0 Å². The molecule has 0 saturated carbocycles.